The molecule has 0 spiro atoms. The van der Waals surface area contributed by atoms with E-state index in [4.69, 9.17) is 9.15 Å². The molecule has 1 amide bonds. The highest BCUT2D eigenvalue weighted by Crippen LogP contribution is 2.32. The number of amides is 1. The van der Waals surface area contributed by atoms with Crippen LogP contribution in [0.25, 0.3) is 0 Å². The van der Waals surface area contributed by atoms with Gasteiger partial charge in [0, 0.05) is 6.54 Å². The lowest BCUT2D eigenvalue weighted by Gasteiger charge is -2.30. The number of methoxy groups -OCH3 is 1. The van der Waals surface area contributed by atoms with Gasteiger partial charge >= 0.3 is 0 Å². The summed E-state index contributed by atoms with van der Waals surface area (Å²) in [5, 5.41) is 0. The smallest absolute Gasteiger partial charge is 0.290 e. The van der Waals surface area contributed by atoms with Gasteiger partial charge in [0.2, 0.25) is 0 Å². The second-order valence-corrected chi connectivity index (χ2v) is 6.52. The summed E-state index contributed by atoms with van der Waals surface area (Å²) in [6.45, 7) is 0.758. The topological polar surface area (TPSA) is 42.7 Å². The normalized spacial score (nSPS) is 18.5. The lowest BCUT2D eigenvalue weighted by atomic mass is 10.0. The minimum Gasteiger partial charge on any atom is -0.497 e. The Morgan fingerprint density at radius 1 is 1.17 bits per heavy atom. The van der Waals surface area contributed by atoms with Crippen LogP contribution in [0, 0.1) is 0 Å². The van der Waals surface area contributed by atoms with Crippen molar-refractivity contribution in [2.45, 2.75) is 31.7 Å². The SMILES string of the molecule is COc1ccc([C@@H]2CCCCCN2C(=O)c2ccc(Br)o2)cc1. The molecular weight excluding hydrogens is 358 g/mol. The van der Waals surface area contributed by atoms with Crippen molar-refractivity contribution in [2.75, 3.05) is 13.7 Å². The number of carbonyl (C=O) groups excluding carboxylic acids is 1. The number of nitrogens with zero attached hydrogens (tertiary/aromatic N) is 1. The molecule has 0 bridgehead atoms. The first-order valence-electron chi connectivity index (χ1n) is 7.89. The van der Waals surface area contributed by atoms with Gasteiger partial charge in [0.15, 0.2) is 10.4 Å². The first kappa shape index (κ1) is 16.1. The molecule has 2 heterocycles. The van der Waals surface area contributed by atoms with Crippen LogP contribution in [0.15, 0.2) is 45.5 Å². The van der Waals surface area contributed by atoms with Crippen LogP contribution in [0.1, 0.15) is 47.8 Å². The van der Waals surface area contributed by atoms with Crippen molar-refractivity contribution in [3.8, 4) is 5.75 Å². The number of likely N-dealkylation sites (tertiary alicyclic amines) is 1. The summed E-state index contributed by atoms with van der Waals surface area (Å²) >= 11 is 3.26. The fourth-order valence-electron chi connectivity index (χ4n) is 3.09. The molecule has 0 aliphatic carbocycles. The summed E-state index contributed by atoms with van der Waals surface area (Å²) in [6.07, 6.45) is 4.28. The molecule has 0 N–H and O–H groups in total. The molecule has 1 aromatic heterocycles. The van der Waals surface area contributed by atoms with E-state index >= 15 is 0 Å². The average molecular weight is 378 g/mol. The monoisotopic (exact) mass is 377 g/mol. The van der Waals surface area contributed by atoms with Gasteiger partial charge in [-0.1, -0.05) is 25.0 Å². The fraction of sp³-hybridized carbons (Fsp3) is 0.389. The van der Waals surface area contributed by atoms with Crippen molar-refractivity contribution in [3.63, 3.8) is 0 Å². The highest BCUT2D eigenvalue weighted by Gasteiger charge is 2.29. The summed E-state index contributed by atoms with van der Waals surface area (Å²) in [6, 6.07) is 11.6. The summed E-state index contributed by atoms with van der Waals surface area (Å²) in [5.41, 5.74) is 1.15. The minimum atomic E-state index is -0.0431. The van der Waals surface area contributed by atoms with Crippen LogP contribution in [0.4, 0.5) is 0 Å². The molecular formula is C18H20BrNO3. The Morgan fingerprint density at radius 2 is 1.96 bits per heavy atom. The number of ether oxygens (including phenoxy) is 1. The molecule has 23 heavy (non-hydrogen) atoms. The lowest BCUT2D eigenvalue weighted by molar-refractivity contribution is 0.0646. The number of halogens is 1. The quantitative estimate of drug-likeness (QED) is 0.770. The zero-order chi connectivity index (χ0) is 16.2. The van der Waals surface area contributed by atoms with Gasteiger partial charge in [0.25, 0.3) is 5.91 Å². The van der Waals surface area contributed by atoms with Crippen LogP contribution in [0.2, 0.25) is 0 Å². The van der Waals surface area contributed by atoms with Crippen molar-refractivity contribution in [2.24, 2.45) is 0 Å². The van der Waals surface area contributed by atoms with Crippen molar-refractivity contribution >= 4 is 21.8 Å². The van der Waals surface area contributed by atoms with E-state index in [1.807, 2.05) is 29.2 Å². The van der Waals surface area contributed by atoms with E-state index in [-0.39, 0.29) is 11.9 Å². The number of benzene rings is 1. The maximum absolute atomic E-state index is 12.9. The fourth-order valence-corrected chi connectivity index (χ4v) is 3.40. The van der Waals surface area contributed by atoms with Gasteiger partial charge in [-0.05, 0) is 58.6 Å². The van der Waals surface area contributed by atoms with E-state index in [0.717, 1.165) is 43.5 Å². The van der Waals surface area contributed by atoms with Crippen LogP contribution >= 0.6 is 15.9 Å². The molecule has 0 saturated carbocycles. The van der Waals surface area contributed by atoms with Crippen molar-refractivity contribution < 1.29 is 13.9 Å². The predicted octanol–water partition coefficient (Wildman–Crippen LogP) is 4.81. The number of furan rings is 1. The average Bonchev–Trinajstić information content (AvgIpc) is 2.87. The first-order valence-corrected chi connectivity index (χ1v) is 8.68. The third-order valence-corrected chi connectivity index (χ3v) is 4.72. The predicted molar refractivity (Wildman–Crippen MR) is 91.6 cm³/mol. The van der Waals surface area contributed by atoms with Crippen molar-refractivity contribution in [1.82, 2.24) is 4.90 Å². The first-order chi connectivity index (χ1) is 11.2. The molecule has 0 radical (unpaired) electrons. The molecule has 1 aliphatic rings. The zero-order valence-corrected chi connectivity index (χ0v) is 14.7. The van der Waals surface area contributed by atoms with Crippen LogP contribution < -0.4 is 4.74 Å². The lowest BCUT2D eigenvalue weighted by Crippen LogP contribution is -2.34. The Hall–Kier alpha value is -1.75. The van der Waals surface area contributed by atoms with Crippen LogP contribution in [-0.2, 0) is 0 Å². The molecule has 1 aliphatic heterocycles. The number of rotatable bonds is 3. The zero-order valence-electron chi connectivity index (χ0n) is 13.1. The van der Waals surface area contributed by atoms with E-state index in [9.17, 15) is 4.79 Å². The second kappa shape index (κ2) is 7.21. The molecule has 4 nitrogen and oxygen atoms in total. The maximum atomic E-state index is 12.9. The summed E-state index contributed by atoms with van der Waals surface area (Å²) < 4.78 is 11.3. The van der Waals surface area contributed by atoms with Gasteiger partial charge in [-0.3, -0.25) is 4.79 Å². The Morgan fingerprint density at radius 3 is 2.61 bits per heavy atom. The van der Waals surface area contributed by atoms with Crippen molar-refractivity contribution in [3.05, 3.63) is 52.4 Å². The standard InChI is InChI=1S/C18H20BrNO3/c1-22-14-8-6-13(7-9-14)15-5-3-2-4-12-20(15)18(21)16-10-11-17(19)23-16/h6-11,15H,2-5,12H2,1H3/t15-/m0/s1. The molecule has 1 aromatic carbocycles. The highest BCUT2D eigenvalue weighted by molar-refractivity contribution is 9.10. The molecule has 1 fully saturated rings. The van der Waals surface area contributed by atoms with E-state index in [2.05, 4.69) is 15.9 Å². The molecule has 3 rings (SSSR count). The number of hydrogen-bond donors (Lipinski definition) is 0. The van der Waals surface area contributed by atoms with E-state index in [0.29, 0.717) is 10.4 Å². The molecule has 1 saturated heterocycles. The Labute approximate surface area is 144 Å². The van der Waals surface area contributed by atoms with Crippen LogP contribution in [-0.4, -0.2) is 24.5 Å². The molecule has 2 aromatic rings. The van der Waals surface area contributed by atoms with Gasteiger partial charge < -0.3 is 14.1 Å². The summed E-state index contributed by atoms with van der Waals surface area (Å²) in [4.78, 5) is 14.8. The largest absolute Gasteiger partial charge is 0.497 e. The second-order valence-electron chi connectivity index (χ2n) is 5.74. The number of carbonyl (C=O) groups is 1. The van der Waals surface area contributed by atoms with E-state index < -0.39 is 0 Å². The molecule has 5 heteroatoms. The minimum absolute atomic E-state index is 0.0431. The van der Waals surface area contributed by atoms with Gasteiger partial charge in [0.05, 0.1) is 13.2 Å². The summed E-state index contributed by atoms with van der Waals surface area (Å²) in [7, 11) is 1.66. The highest BCUT2D eigenvalue weighted by atomic mass is 79.9. The molecule has 1 atom stereocenters. The van der Waals surface area contributed by atoms with Crippen LogP contribution in [0.5, 0.6) is 5.75 Å². The maximum Gasteiger partial charge on any atom is 0.290 e. The van der Waals surface area contributed by atoms with Crippen LogP contribution in [0.3, 0.4) is 0 Å². The third kappa shape index (κ3) is 3.61. The molecule has 0 unspecified atom stereocenters. The van der Waals surface area contributed by atoms with E-state index in [1.165, 1.54) is 0 Å². The van der Waals surface area contributed by atoms with Gasteiger partial charge in [-0.15, -0.1) is 0 Å². The van der Waals surface area contributed by atoms with Crippen molar-refractivity contribution in [1.29, 1.82) is 0 Å². The summed E-state index contributed by atoms with van der Waals surface area (Å²) in [5.74, 6) is 1.17. The number of hydrogen-bond acceptors (Lipinski definition) is 3. The third-order valence-electron chi connectivity index (χ3n) is 4.30. The Kier molecular flexibility index (Phi) is 5.06. The van der Waals surface area contributed by atoms with Gasteiger partial charge in [0.1, 0.15) is 5.75 Å². The Balaban J connectivity index is 1.88. The van der Waals surface area contributed by atoms with Gasteiger partial charge in [-0.25, -0.2) is 0 Å². The molecule has 122 valence electrons. The Bertz CT molecular complexity index is 665. The van der Waals surface area contributed by atoms with Gasteiger partial charge in [-0.2, -0.15) is 0 Å². The van der Waals surface area contributed by atoms with E-state index in [1.54, 1.807) is 19.2 Å².